The first-order valence-corrected chi connectivity index (χ1v) is 9.29. The van der Waals surface area contributed by atoms with Gasteiger partial charge in [-0.15, -0.1) is 0 Å². The molecule has 0 spiro atoms. The summed E-state index contributed by atoms with van der Waals surface area (Å²) in [4.78, 5) is 39.9. The summed E-state index contributed by atoms with van der Waals surface area (Å²) in [5.41, 5.74) is 1.01. The van der Waals surface area contributed by atoms with Crippen molar-refractivity contribution < 1.29 is 19.1 Å². The van der Waals surface area contributed by atoms with Crippen LogP contribution in [0.4, 0.5) is 4.79 Å². The smallest absolute Gasteiger partial charge is 0.293 e. The summed E-state index contributed by atoms with van der Waals surface area (Å²) in [5.74, 6) is -0.396. The Morgan fingerprint density at radius 1 is 1.15 bits per heavy atom. The van der Waals surface area contributed by atoms with Crippen molar-refractivity contribution in [3.8, 4) is 0 Å². The molecule has 26 heavy (non-hydrogen) atoms. The van der Waals surface area contributed by atoms with Crippen LogP contribution in [-0.2, 0) is 14.3 Å². The number of imide groups is 1. The van der Waals surface area contributed by atoms with E-state index in [4.69, 9.17) is 4.74 Å². The average molecular weight is 372 g/mol. The van der Waals surface area contributed by atoms with Crippen molar-refractivity contribution in [2.24, 2.45) is 0 Å². The zero-order valence-electron chi connectivity index (χ0n) is 14.3. The van der Waals surface area contributed by atoms with Crippen LogP contribution in [-0.4, -0.2) is 59.7 Å². The maximum absolute atomic E-state index is 12.4. The number of carbonyl (C=O) groups excluding carboxylic acids is 3. The van der Waals surface area contributed by atoms with E-state index in [0.717, 1.165) is 22.2 Å². The highest BCUT2D eigenvalue weighted by atomic mass is 32.2. The normalized spacial score (nSPS) is 19.8. The van der Waals surface area contributed by atoms with E-state index in [1.54, 1.807) is 17.1 Å². The van der Waals surface area contributed by atoms with E-state index in [1.807, 2.05) is 36.4 Å². The van der Waals surface area contributed by atoms with Gasteiger partial charge in [0.1, 0.15) is 0 Å². The van der Waals surface area contributed by atoms with Crippen LogP contribution in [0.25, 0.3) is 6.08 Å². The number of hydrogen-bond acceptors (Lipinski definition) is 5. The average Bonchev–Trinajstić information content (AvgIpc) is 2.94. The van der Waals surface area contributed by atoms with E-state index in [1.165, 1.54) is 0 Å². The molecule has 0 aliphatic carbocycles. The van der Waals surface area contributed by atoms with Crippen molar-refractivity contribution >= 4 is 34.9 Å². The van der Waals surface area contributed by atoms with Crippen molar-refractivity contribution in [1.82, 2.24) is 9.80 Å². The molecular weight excluding hydrogens is 352 g/mol. The second-order valence-corrected chi connectivity index (χ2v) is 6.86. The van der Waals surface area contributed by atoms with Crippen molar-refractivity contribution in [3.63, 3.8) is 0 Å². The van der Waals surface area contributed by atoms with Crippen LogP contribution in [0.2, 0.25) is 0 Å². The molecule has 136 valence electrons. The zero-order chi connectivity index (χ0) is 18.4. The number of ether oxygens (including phenoxy) is 1. The van der Waals surface area contributed by atoms with E-state index < -0.39 is 0 Å². The van der Waals surface area contributed by atoms with Gasteiger partial charge in [0.05, 0.1) is 18.1 Å². The molecule has 0 atom stereocenters. The molecule has 0 unspecified atom stereocenters. The molecule has 7 heteroatoms. The molecule has 2 fully saturated rings. The van der Waals surface area contributed by atoms with Crippen LogP contribution in [0.5, 0.6) is 0 Å². The number of hydrogen-bond donors (Lipinski definition) is 0. The van der Waals surface area contributed by atoms with Gasteiger partial charge in [-0.1, -0.05) is 42.5 Å². The number of rotatable bonds is 5. The molecule has 0 aromatic heterocycles. The van der Waals surface area contributed by atoms with Gasteiger partial charge >= 0.3 is 0 Å². The highest BCUT2D eigenvalue weighted by Crippen LogP contribution is 2.30. The lowest BCUT2D eigenvalue weighted by Crippen LogP contribution is -2.42. The Hall–Kier alpha value is -2.38. The van der Waals surface area contributed by atoms with Crippen LogP contribution in [0.1, 0.15) is 12.0 Å². The second kappa shape index (κ2) is 8.82. The van der Waals surface area contributed by atoms with Gasteiger partial charge in [0.25, 0.3) is 11.1 Å². The standard InChI is InChI=1S/C19H20N2O4S/c22-17(20-11-13-25-14-12-20)9-10-21-18(23)16(26-19(21)24)8-4-7-15-5-2-1-3-6-15/h1-8H,9-14H2/b7-4+,16-8+. The first-order valence-electron chi connectivity index (χ1n) is 8.48. The topological polar surface area (TPSA) is 66.9 Å². The molecule has 2 heterocycles. The summed E-state index contributed by atoms with van der Waals surface area (Å²) >= 11 is 0.907. The summed E-state index contributed by atoms with van der Waals surface area (Å²) in [5, 5.41) is -0.330. The SMILES string of the molecule is O=C(CCN1C(=O)S/C(=C/C=C/c2ccccc2)C1=O)N1CCOCC1. The van der Waals surface area contributed by atoms with Crippen molar-refractivity contribution in [3.05, 3.63) is 53.0 Å². The van der Waals surface area contributed by atoms with Gasteiger partial charge in [-0.25, -0.2) is 0 Å². The van der Waals surface area contributed by atoms with Crippen LogP contribution >= 0.6 is 11.8 Å². The highest BCUT2D eigenvalue weighted by Gasteiger charge is 2.35. The van der Waals surface area contributed by atoms with Crippen LogP contribution in [0, 0.1) is 0 Å². The van der Waals surface area contributed by atoms with Gasteiger partial charge in [-0.3, -0.25) is 19.3 Å². The lowest BCUT2D eigenvalue weighted by atomic mass is 10.2. The largest absolute Gasteiger partial charge is 0.378 e. The second-order valence-electron chi connectivity index (χ2n) is 5.87. The molecule has 0 radical (unpaired) electrons. The molecule has 1 aromatic rings. The Kier molecular flexibility index (Phi) is 6.25. The van der Waals surface area contributed by atoms with Gasteiger partial charge in [-0.2, -0.15) is 0 Å². The summed E-state index contributed by atoms with van der Waals surface area (Å²) < 4.78 is 5.22. The molecule has 6 nitrogen and oxygen atoms in total. The first-order chi connectivity index (χ1) is 12.6. The van der Waals surface area contributed by atoms with Crippen LogP contribution in [0.15, 0.2) is 47.4 Å². The maximum atomic E-state index is 12.4. The predicted octanol–water partition coefficient (Wildman–Crippen LogP) is 2.53. The summed E-state index contributed by atoms with van der Waals surface area (Å²) in [7, 11) is 0. The quantitative estimate of drug-likeness (QED) is 0.743. The fourth-order valence-corrected chi connectivity index (χ4v) is 3.51. The zero-order valence-corrected chi connectivity index (χ0v) is 15.1. The number of amides is 3. The monoisotopic (exact) mass is 372 g/mol. The molecule has 0 bridgehead atoms. The fourth-order valence-electron chi connectivity index (χ4n) is 2.70. The Morgan fingerprint density at radius 3 is 2.62 bits per heavy atom. The van der Waals surface area contributed by atoms with Gasteiger partial charge in [-0.05, 0) is 23.4 Å². The van der Waals surface area contributed by atoms with Crippen molar-refractivity contribution in [1.29, 1.82) is 0 Å². The van der Waals surface area contributed by atoms with E-state index in [9.17, 15) is 14.4 Å². The minimum atomic E-state index is -0.340. The maximum Gasteiger partial charge on any atom is 0.293 e. The van der Waals surface area contributed by atoms with Gasteiger partial charge < -0.3 is 9.64 Å². The number of carbonyl (C=O) groups is 3. The third kappa shape index (κ3) is 4.62. The van der Waals surface area contributed by atoms with E-state index in [0.29, 0.717) is 31.2 Å². The van der Waals surface area contributed by atoms with Crippen LogP contribution in [0.3, 0.4) is 0 Å². The van der Waals surface area contributed by atoms with E-state index in [-0.39, 0.29) is 30.0 Å². The molecule has 3 amide bonds. The lowest BCUT2D eigenvalue weighted by molar-refractivity contribution is -0.135. The van der Waals surface area contributed by atoms with Crippen molar-refractivity contribution in [2.75, 3.05) is 32.8 Å². The summed E-state index contributed by atoms with van der Waals surface area (Å²) in [6.07, 6.45) is 5.41. The molecular formula is C19H20N2O4S. The minimum absolute atomic E-state index is 0.0553. The first kappa shape index (κ1) is 18.4. The molecule has 2 saturated heterocycles. The number of benzene rings is 1. The van der Waals surface area contributed by atoms with Crippen molar-refractivity contribution in [2.45, 2.75) is 6.42 Å². The Balaban J connectivity index is 1.55. The Labute approximate surface area is 156 Å². The molecule has 0 saturated carbocycles. The molecule has 2 aliphatic heterocycles. The third-order valence-electron chi connectivity index (χ3n) is 4.12. The van der Waals surface area contributed by atoms with Gasteiger partial charge in [0.15, 0.2) is 0 Å². The Morgan fingerprint density at radius 2 is 1.88 bits per heavy atom. The molecule has 0 N–H and O–H groups in total. The summed E-state index contributed by atoms with van der Waals surface area (Å²) in [6, 6.07) is 9.69. The number of thioether (sulfide) groups is 1. The number of morpholine rings is 1. The van der Waals surface area contributed by atoms with E-state index in [2.05, 4.69) is 0 Å². The number of allylic oxidation sites excluding steroid dienone is 2. The van der Waals surface area contributed by atoms with Crippen LogP contribution < -0.4 is 0 Å². The lowest BCUT2D eigenvalue weighted by Gasteiger charge is -2.27. The molecule has 3 rings (SSSR count). The summed E-state index contributed by atoms with van der Waals surface area (Å²) in [6.45, 7) is 2.30. The highest BCUT2D eigenvalue weighted by molar-refractivity contribution is 8.18. The number of nitrogens with zero attached hydrogens (tertiary/aromatic N) is 2. The molecule has 1 aromatic carbocycles. The minimum Gasteiger partial charge on any atom is -0.378 e. The Bertz CT molecular complexity index is 739. The molecule has 2 aliphatic rings. The third-order valence-corrected chi connectivity index (χ3v) is 5.05. The fraction of sp³-hybridized carbons (Fsp3) is 0.316. The van der Waals surface area contributed by atoms with E-state index >= 15 is 0 Å². The predicted molar refractivity (Wildman–Crippen MR) is 100 cm³/mol. The van der Waals surface area contributed by atoms with Gasteiger partial charge in [0, 0.05) is 26.1 Å². The van der Waals surface area contributed by atoms with Gasteiger partial charge in [0.2, 0.25) is 5.91 Å².